The predicted octanol–water partition coefficient (Wildman–Crippen LogP) is 2.70. The fraction of sp³-hybridized carbons (Fsp3) is 0.529. The van der Waals surface area contributed by atoms with E-state index in [1.807, 2.05) is 37.8 Å². The molecule has 5 nitrogen and oxygen atoms in total. The number of fused-ring (bicyclic) bond motifs is 1. The highest BCUT2D eigenvalue weighted by molar-refractivity contribution is 8.16. The number of amides is 1. The van der Waals surface area contributed by atoms with Crippen LogP contribution in [0.2, 0.25) is 0 Å². The number of aryl methyl sites for hydroxylation is 2. The summed E-state index contributed by atoms with van der Waals surface area (Å²) >= 11 is 1.43. The molecule has 2 saturated heterocycles. The number of hydrogen-bond acceptors (Lipinski definition) is 4. The molecule has 0 spiro atoms. The van der Waals surface area contributed by atoms with Crippen molar-refractivity contribution < 1.29 is 13.2 Å². The zero-order valence-corrected chi connectivity index (χ0v) is 15.8. The highest BCUT2D eigenvalue weighted by Gasteiger charge is 2.49. The maximum Gasteiger partial charge on any atom is 0.248 e. The molecule has 0 unspecified atom stereocenters. The fourth-order valence-corrected chi connectivity index (χ4v) is 7.26. The van der Waals surface area contributed by atoms with Crippen LogP contribution >= 0.6 is 11.8 Å². The van der Waals surface area contributed by atoms with Crippen molar-refractivity contribution in [2.75, 3.05) is 16.4 Å². The van der Waals surface area contributed by atoms with Gasteiger partial charge in [0, 0.05) is 17.4 Å². The molecule has 1 aromatic carbocycles. The highest BCUT2D eigenvalue weighted by Crippen LogP contribution is 2.41. The van der Waals surface area contributed by atoms with E-state index in [-0.39, 0.29) is 28.7 Å². The normalized spacial score (nSPS) is 26.8. The van der Waals surface area contributed by atoms with Crippen molar-refractivity contribution in [2.24, 2.45) is 4.99 Å². The number of aliphatic imine (C=N–C) groups is 1. The molecule has 0 radical (unpaired) electrons. The molecule has 130 valence electrons. The zero-order valence-electron chi connectivity index (χ0n) is 14.2. The van der Waals surface area contributed by atoms with E-state index in [0.717, 1.165) is 23.2 Å². The summed E-state index contributed by atoms with van der Waals surface area (Å²) in [5.74, 6) is 0.140. The standard InChI is InChI=1S/C17H22N2O3S2/c1-4-5-16(20)18-17-19(13-7-11(2)6-12(3)8-13)14-9-24(21,22)10-15(14)23-17/h6-8,14-15H,4-5,9-10H2,1-3H3/t14-,15+/m1/s1. The Hall–Kier alpha value is -1.34. The maximum atomic E-state index is 12.0. The summed E-state index contributed by atoms with van der Waals surface area (Å²) in [4.78, 5) is 18.3. The van der Waals surface area contributed by atoms with E-state index in [4.69, 9.17) is 0 Å². The molecule has 2 aliphatic heterocycles. The van der Waals surface area contributed by atoms with Crippen LogP contribution < -0.4 is 4.90 Å². The minimum Gasteiger partial charge on any atom is -0.316 e. The first-order valence-corrected chi connectivity index (χ1v) is 10.9. The summed E-state index contributed by atoms with van der Waals surface area (Å²) in [5.41, 5.74) is 3.14. The molecular formula is C17H22N2O3S2. The number of carbonyl (C=O) groups is 1. The van der Waals surface area contributed by atoms with Crippen LogP contribution in [0.5, 0.6) is 0 Å². The second kappa shape index (κ2) is 6.52. The summed E-state index contributed by atoms with van der Waals surface area (Å²) in [6, 6.07) is 5.99. The van der Waals surface area contributed by atoms with E-state index >= 15 is 0 Å². The van der Waals surface area contributed by atoms with E-state index in [0.29, 0.717) is 11.6 Å². The molecule has 2 fully saturated rings. The Morgan fingerprint density at radius 2 is 1.92 bits per heavy atom. The molecular weight excluding hydrogens is 344 g/mol. The van der Waals surface area contributed by atoms with Gasteiger partial charge in [-0.25, -0.2) is 8.42 Å². The van der Waals surface area contributed by atoms with Gasteiger partial charge in [0.1, 0.15) is 0 Å². The van der Waals surface area contributed by atoms with Crippen LogP contribution in [-0.2, 0) is 14.6 Å². The first-order valence-electron chi connectivity index (χ1n) is 8.15. The monoisotopic (exact) mass is 366 g/mol. The van der Waals surface area contributed by atoms with Gasteiger partial charge in [-0.2, -0.15) is 4.99 Å². The molecule has 2 aliphatic rings. The van der Waals surface area contributed by atoms with Crippen molar-refractivity contribution in [1.29, 1.82) is 0 Å². The molecule has 0 aliphatic carbocycles. The Kier molecular flexibility index (Phi) is 4.75. The lowest BCUT2D eigenvalue weighted by atomic mass is 10.1. The molecule has 0 aromatic heterocycles. The van der Waals surface area contributed by atoms with Gasteiger partial charge in [-0.3, -0.25) is 4.79 Å². The summed E-state index contributed by atoms with van der Waals surface area (Å²) < 4.78 is 24.1. The third-order valence-electron chi connectivity index (χ3n) is 4.24. The molecule has 2 heterocycles. The van der Waals surface area contributed by atoms with E-state index in [1.165, 1.54) is 11.8 Å². The Bertz CT molecular complexity index is 782. The second-order valence-corrected chi connectivity index (χ2v) is 9.91. The lowest BCUT2D eigenvalue weighted by molar-refractivity contribution is -0.117. The molecule has 24 heavy (non-hydrogen) atoms. The van der Waals surface area contributed by atoms with Gasteiger partial charge in [-0.15, -0.1) is 0 Å². The third kappa shape index (κ3) is 3.52. The van der Waals surface area contributed by atoms with E-state index in [1.54, 1.807) is 0 Å². The number of hydrogen-bond donors (Lipinski definition) is 0. The lowest BCUT2D eigenvalue weighted by Crippen LogP contribution is -2.37. The average Bonchev–Trinajstić information content (AvgIpc) is 2.88. The lowest BCUT2D eigenvalue weighted by Gasteiger charge is -2.25. The predicted molar refractivity (Wildman–Crippen MR) is 99.6 cm³/mol. The van der Waals surface area contributed by atoms with Crippen LogP contribution in [0.3, 0.4) is 0 Å². The molecule has 0 saturated carbocycles. The first-order chi connectivity index (χ1) is 11.3. The minimum atomic E-state index is -3.03. The zero-order chi connectivity index (χ0) is 17.5. The van der Waals surface area contributed by atoms with Crippen molar-refractivity contribution in [3.63, 3.8) is 0 Å². The van der Waals surface area contributed by atoms with Crippen molar-refractivity contribution in [1.82, 2.24) is 0 Å². The van der Waals surface area contributed by atoms with Crippen LogP contribution in [-0.4, -0.2) is 42.3 Å². The Morgan fingerprint density at radius 3 is 2.54 bits per heavy atom. The largest absolute Gasteiger partial charge is 0.316 e. The number of rotatable bonds is 3. The fourth-order valence-electron chi connectivity index (χ4n) is 3.33. The smallest absolute Gasteiger partial charge is 0.248 e. The van der Waals surface area contributed by atoms with Gasteiger partial charge < -0.3 is 4.90 Å². The van der Waals surface area contributed by atoms with E-state index in [2.05, 4.69) is 11.1 Å². The second-order valence-electron chi connectivity index (χ2n) is 6.55. The third-order valence-corrected chi connectivity index (χ3v) is 7.45. The molecule has 2 atom stereocenters. The van der Waals surface area contributed by atoms with E-state index < -0.39 is 9.84 Å². The van der Waals surface area contributed by atoms with Gasteiger partial charge in [-0.05, 0) is 43.5 Å². The number of benzene rings is 1. The molecule has 0 bridgehead atoms. The SMILES string of the molecule is CCCC(=O)N=C1S[C@H]2CS(=O)(=O)C[C@H]2N1c1cc(C)cc(C)c1. The van der Waals surface area contributed by atoms with Crippen LogP contribution in [0.15, 0.2) is 23.2 Å². The Labute approximate surface area is 147 Å². The van der Waals surface area contributed by atoms with E-state index in [9.17, 15) is 13.2 Å². The van der Waals surface area contributed by atoms with Crippen molar-refractivity contribution in [3.8, 4) is 0 Å². The number of anilines is 1. The summed E-state index contributed by atoms with van der Waals surface area (Å²) in [7, 11) is -3.03. The molecule has 0 N–H and O–H groups in total. The number of carbonyl (C=O) groups excluding carboxylic acids is 1. The van der Waals surface area contributed by atoms with Gasteiger partial charge in [-0.1, -0.05) is 24.8 Å². The van der Waals surface area contributed by atoms with Gasteiger partial charge in [0.25, 0.3) is 0 Å². The first kappa shape index (κ1) is 17.5. The minimum absolute atomic E-state index is 0.0519. The van der Waals surface area contributed by atoms with Crippen LogP contribution in [0.4, 0.5) is 5.69 Å². The Balaban J connectivity index is 2.02. The quantitative estimate of drug-likeness (QED) is 0.823. The summed E-state index contributed by atoms with van der Waals surface area (Å²) in [5, 5.41) is 0.590. The molecule has 1 aromatic rings. The number of nitrogens with zero attached hydrogens (tertiary/aromatic N) is 2. The number of sulfone groups is 1. The average molecular weight is 367 g/mol. The van der Waals surface area contributed by atoms with Gasteiger partial charge in [0.2, 0.25) is 5.91 Å². The van der Waals surface area contributed by atoms with Gasteiger partial charge in [0.15, 0.2) is 15.0 Å². The van der Waals surface area contributed by atoms with Crippen molar-refractivity contribution in [2.45, 2.75) is 44.9 Å². The van der Waals surface area contributed by atoms with Gasteiger partial charge in [0.05, 0.1) is 17.5 Å². The topological polar surface area (TPSA) is 66.8 Å². The highest BCUT2D eigenvalue weighted by atomic mass is 32.2. The number of thioether (sulfide) groups is 1. The molecule has 7 heteroatoms. The van der Waals surface area contributed by atoms with Crippen LogP contribution in [0, 0.1) is 13.8 Å². The molecule has 1 amide bonds. The summed E-state index contributed by atoms with van der Waals surface area (Å²) in [6.07, 6.45) is 1.17. The summed E-state index contributed by atoms with van der Waals surface area (Å²) in [6.45, 7) is 5.98. The molecule has 3 rings (SSSR count). The van der Waals surface area contributed by atoms with Crippen molar-refractivity contribution >= 4 is 38.4 Å². The van der Waals surface area contributed by atoms with Crippen LogP contribution in [0.25, 0.3) is 0 Å². The van der Waals surface area contributed by atoms with Crippen LogP contribution in [0.1, 0.15) is 30.9 Å². The Morgan fingerprint density at radius 1 is 1.25 bits per heavy atom. The van der Waals surface area contributed by atoms with Gasteiger partial charge >= 0.3 is 0 Å². The maximum absolute atomic E-state index is 12.0. The number of amidine groups is 1. The van der Waals surface area contributed by atoms with Crippen molar-refractivity contribution in [3.05, 3.63) is 29.3 Å².